The fourth-order valence-electron chi connectivity index (χ4n) is 2.92. The van der Waals surface area contributed by atoms with E-state index in [-0.39, 0.29) is 23.1 Å². The maximum Gasteiger partial charge on any atom is 0.341 e. The first-order valence-corrected chi connectivity index (χ1v) is 9.84. The molecule has 2 heterocycles. The Morgan fingerprint density at radius 2 is 1.90 bits per heavy atom. The number of amides is 2. The topological polar surface area (TPSA) is 88.6 Å². The van der Waals surface area contributed by atoms with Gasteiger partial charge in [-0.05, 0) is 31.5 Å². The molecule has 0 aliphatic heterocycles. The van der Waals surface area contributed by atoms with Gasteiger partial charge in [-0.25, -0.2) is 4.79 Å². The smallest absolute Gasteiger partial charge is 0.341 e. The van der Waals surface area contributed by atoms with Crippen molar-refractivity contribution in [3.8, 4) is 0 Å². The van der Waals surface area contributed by atoms with Crippen molar-refractivity contribution in [2.45, 2.75) is 13.8 Å². The number of anilines is 1. The fraction of sp³-hybridized carbons (Fsp3) is 0.238. The van der Waals surface area contributed by atoms with Crippen molar-refractivity contribution in [3.05, 3.63) is 58.1 Å². The summed E-state index contributed by atoms with van der Waals surface area (Å²) >= 11 is 1.06. The van der Waals surface area contributed by atoms with Crippen LogP contribution in [-0.4, -0.2) is 48.4 Å². The first-order valence-electron chi connectivity index (χ1n) is 9.02. The molecule has 0 aliphatic rings. The number of aromatic nitrogens is 1. The average molecular weight is 411 g/mol. The second-order valence-electron chi connectivity index (χ2n) is 6.52. The first kappa shape index (κ1) is 20.5. The Morgan fingerprint density at radius 3 is 2.59 bits per heavy atom. The molecule has 8 heteroatoms. The number of benzene rings is 1. The molecule has 0 radical (unpaired) electrons. The summed E-state index contributed by atoms with van der Waals surface area (Å²) < 4.78 is 5.14. The SMILES string of the molecule is CCOC(=O)c1c(NC(=O)c2cccc3cccnc23)sc(C(=O)N(C)C)c1C. The van der Waals surface area contributed by atoms with E-state index in [1.807, 2.05) is 12.1 Å². The molecule has 2 aromatic heterocycles. The maximum absolute atomic E-state index is 13.0. The van der Waals surface area contributed by atoms with Gasteiger partial charge in [0.2, 0.25) is 0 Å². The van der Waals surface area contributed by atoms with Crippen LogP contribution in [0.4, 0.5) is 5.00 Å². The van der Waals surface area contributed by atoms with Crippen LogP contribution in [0.1, 0.15) is 42.9 Å². The summed E-state index contributed by atoms with van der Waals surface area (Å²) in [4.78, 5) is 44.1. The van der Waals surface area contributed by atoms with Crippen molar-refractivity contribution in [1.82, 2.24) is 9.88 Å². The number of esters is 1. The van der Waals surface area contributed by atoms with Crippen LogP contribution in [0, 0.1) is 6.92 Å². The summed E-state index contributed by atoms with van der Waals surface area (Å²) in [5.74, 6) is -1.24. The zero-order valence-corrected chi connectivity index (χ0v) is 17.4. The summed E-state index contributed by atoms with van der Waals surface area (Å²) in [6.45, 7) is 3.56. The number of thiophene rings is 1. The molecular weight excluding hydrogens is 390 g/mol. The highest BCUT2D eigenvalue weighted by atomic mass is 32.1. The monoisotopic (exact) mass is 411 g/mol. The lowest BCUT2D eigenvalue weighted by Gasteiger charge is -2.09. The minimum atomic E-state index is -0.578. The number of carbonyl (C=O) groups is 3. The molecule has 0 bridgehead atoms. The Bertz CT molecular complexity index is 1100. The molecule has 0 atom stereocenters. The minimum Gasteiger partial charge on any atom is -0.462 e. The molecule has 1 N–H and O–H groups in total. The van der Waals surface area contributed by atoms with E-state index in [2.05, 4.69) is 10.3 Å². The minimum absolute atomic E-state index is 0.186. The Kier molecular flexibility index (Phi) is 5.93. The molecule has 29 heavy (non-hydrogen) atoms. The number of hydrogen-bond acceptors (Lipinski definition) is 6. The normalized spacial score (nSPS) is 10.6. The third-order valence-corrected chi connectivity index (χ3v) is 5.53. The fourth-order valence-corrected chi connectivity index (χ4v) is 4.13. The largest absolute Gasteiger partial charge is 0.462 e. The van der Waals surface area contributed by atoms with Gasteiger partial charge in [-0.3, -0.25) is 14.6 Å². The third-order valence-electron chi connectivity index (χ3n) is 4.33. The van der Waals surface area contributed by atoms with Gasteiger partial charge >= 0.3 is 5.97 Å². The van der Waals surface area contributed by atoms with E-state index >= 15 is 0 Å². The van der Waals surface area contributed by atoms with Crippen molar-refractivity contribution in [2.24, 2.45) is 0 Å². The number of rotatable bonds is 5. The lowest BCUT2D eigenvalue weighted by molar-refractivity contribution is 0.0527. The van der Waals surface area contributed by atoms with Gasteiger partial charge in [0.05, 0.1) is 28.1 Å². The van der Waals surface area contributed by atoms with Gasteiger partial charge in [-0.1, -0.05) is 18.2 Å². The van der Waals surface area contributed by atoms with Crippen LogP contribution in [0.2, 0.25) is 0 Å². The van der Waals surface area contributed by atoms with E-state index in [0.29, 0.717) is 21.5 Å². The molecule has 2 amide bonds. The van der Waals surface area contributed by atoms with Crippen LogP contribution in [0.3, 0.4) is 0 Å². The second kappa shape index (κ2) is 8.40. The van der Waals surface area contributed by atoms with E-state index < -0.39 is 11.9 Å². The van der Waals surface area contributed by atoms with Crippen molar-refractivity contribution in [2.75, 3.05) is 26.0 Å². The molecule has 3 rings (SSSR count). The summed E-state index contributed by atoms with van der Waals surface area (Å²) in [7, 11) is 3.26. The molecule has 7 nitrogen and oxygen atoms in total. The van der Waals surface area contributed by atoms with Gasteiger partial charge in [-0.2, -0.15) is 0 Å². The van der Waals surface area contributed by atoms with Gasteiger partial charge < -0.3 is 15.0 Å². The van der Waals surface area contributed by atoms with Crippen LogP contribution in [0.25, 0.3) is 10.9 Å². The zero-order valence-electron chi connectivity index (χ0n) is 16.6. The van der Waals surface area contributed by atoms with Crippen LogP contribution in [-0.2, 0) is 4.74 Å². The van der Waals surface area contributed by atoms with E-state index in [1.54, 1.807) is 52.3 Å². The molecule has 0 spiro atoms. The lowest BCUT2D eigenvalue weighted by Crippen LogP contribution is -2.21. The van der Waals surface area contributed by atoms with E-state index in [1.165, 1.54) is 4.90 Å². The van der Waals surface area contributed by atoms with Gasteiger partial charge in [0.25, 0.3) is 11.8 Å². The predicted molar refractivity (Wildman–Crippen MR) is 113 cm³/mol. The highest BCUT2D eigenvalue weighted by Gasteiger charge is 2.27. The summed E-state index contributed by atoms with van der Waals surface area (Å²) in [6.07, 6.45) is 1.62. The number of para-hydroxylation sites is 1. The third kappa shape index (κ3) is 3.97. The van der Waals surface area contributed by atoms with Crippen molar-refractivity contribution >= 4 is 45.0 Å². The summed E-state index contributed by atoms with van der Waals surface area (Å²) in [5, 5.41) is 3.89. The van der Waals surface area contributed by atoms with Crippen molar-refractivity contribution in [3.63, 3.8) is 0 Å². The van der Waals surface area contributed by atoms with Crippen molar-refractivity contribution < 1.29 is 19.1 Å². The van der Waals surface area contributed by atoms with E-state index in [4.69, 9.17) is 4.74 Å². The summed E-state index contributed by atoms with van der Waals surface area (Å²) in [5.41, 5.74) is 1.62. The molecule has 0 fully saturated rings. The van der Waals surface area contributed by atoms with Crippen LogP contribution in [0.15, 0.2) is 36.5 Å². The molecule has 1 aromatic carbocycles. The molecule has 0 saturated heterocycles. The summed E-state index contributed by atoms with van der Waals surface area (Å²) in [6, 6.07) is 8.97. The average Bonchev–Trinajstić information content (AvgIpc) is 3.02. The Labute approximate surface area is 172 Å². The number of ether oxygens (including phenoxy) is 1. The highest BCUT2D eigenvalue weighted by molar-refractivity contribution is 7.18. The number of pyridine rings is 1. The molecule has 0 aliphatic carbocycles. The Balaban J connectivity index is 2.05. The van der Waals surface area contributed by atoms with Crippen LogP contribution in [0.5, 0.6) is 0 Å². The standard InChI is InChI=1S/C21H21N3O4S/c1-5-28-21(27)15-12(2)17(20(26)24(3)4)29-19(15)23-18(25)14-10-6-8-13-9-7-11-22-16(13)14/h6-11H,5H2,1-4H3,(H,23,25). The lowest BCUT2D eigenvalue weighted by atomic mass is 10.1. The number of nitrogens with one attached hydrogen (secondary N) is 1. The maximum atomic E-state index is 13.0. The number of carbonyl (C=O) groups excluding carboxylic acids is 3. The number of hydrogen-bond donors (Lipinski definition) is 1. The van der Waals surface area contributed by atoms with E-state index in [9.17, 15) is 14.4 Å². The van der Waals surface area contributed by atoms with Gasteiger partial charge in [0.1, 0.15) is 5.00 Å². The van der Waals surface area contributed by atoms with Gasteiger partial charge in [-0.15, -0.1) is 11.3 Å². The predicted octanol–water partition coefficient (Wildman–Crippen LogP) is 3.74. The quantitative estimate of drug-likeness (QED) is 0.646. The van der Waals surface area contributed by atoms with Gasteiger partial charge in [0.15, 0.2) is 0 Å². The van der Waals surface area contributed by atoms with E-state index in [0.717, 1.165) is 16.7 Å². The van der Waals surface area contributed by atoms with Crippen LogP contribution < -0.4 is 5.32 Å². The molecule has 0 saturated carbocycles. The molecular formula is C21H21N3O4S. The van der Waals surface area contributed by atoms with Crippen molar-refractivity contribution in [1.29, 1.82) is 0 Å². The molecule has 0 unspecified atom stereocenters. The second-order valence-corrected chi connectivity index (χ2v) is 7.54. The number of fused-ring (bicyclic) bond motifs is 1. The Morgan fingerprint density at radius 1 is 1.17 bits per heavy atom. The number of nitrogens with zero attached hydrogens (tertiary/aromatic N) is 2. The van der Waals surface area contributed by atoms with Gasteiger partial charge in [0, 0.05) is 25.7 Å². The van der Waals surface area contributed by atoms with Crippen LogP contribution >= 0.6 is 11.3 Å². The molecule has 3 aromatic rings. The molecule has 150 valence electrons. The first-order chi connectivity index (χ1) is 13.8. The Hall–Kier alpha value is -3.26. The highest BCUT2D eigenvalue weighted by Crippen LogP contribution is 2.35. The zero-order chi connectivity index (χ0) is 21.1.